The highest BCUT2D eigenvalue weighted by Gasteiger charge is 2.27. The van der Waals surface area contributed by atoms with Crippen molar-refractivity contribution in [2.45, 2.75) is 6.18 Å². The molecule has 0 bridgehead atoms. The zero-order valence-electron chi connectivity index (χ0n) is 12.9. The monoisotopic (exact) mass is 404 g/mol. The van der Waals surface area contributed by atoms with Crippen molar-refractivity contribution in [3.05, 3.63) is 46.6 Å². The van der Waals surface area contributed by atoms with Crippen LogP contribution < -0.4 is 5.32 Å². The first-order chi connectivity index (χ1) is 11.3. The molecule has 0 aliphatic heterocycles. The van der Waals surface area contributed by atoms with Crippen LogP contribution in [0.3, 0.4) is 0 Å². The molecule has 0 saturated carbocycles. The molecule has 1 N–H and O–H groups in total. The largest absolute Gasteiger partial charge is 0.411 e. The predicted molar refractivity (Wildman–Crippen MR) is 87.8 cm³/mol. The Labute approximate surface area is 145 Å². The number of amides is 1. The Morgan fingerprint density at radius 1 is 1.25 bits per heavy atom. The van der Waals surface area contributed by atoms with Crippen molar-refractivity contribution in [2.24, 2.45) is 7.05 Å². The maximum Gasteiger partial charge on any atom is 0.411 e. The molecule has 1 aromatic heterocycles. The van der Waals surface area contributed by atoms with Crippen LogP contribution in [0.15, 0.2) is 40.9 Å². The van der Waals surface area contributed by atoms with Gasteiger partial charge in [-0.2, -0.15) is 13.2 Å². The molecule has 0 atom stereocenters. The van der Waals surface area contributed by atoms with Gasteiger partial charge in [0.2, 0.25) is 0 Å². The summed E-state index contributed by atoms with van der Waals surface area (Å²) in [4.78, 5) is 12.1. The fraction of sp³-hybridized carbons (Fsp3) is 0.312. The van der Waals surface area contributed by atoms with Crippen LogP contribution in [-0.4, -0.2) is 36.4 Å². The summed E-state index contributed by atoms with van der Waals surface area (Å²) in [5.74, 6) is -0.369. The standard InChI is InChI=1S/C16H16BrF3N2O2/c1-22-13(11-4-2-3-5-12(11)17)6-7-14(22)15(23)21-8-9-24-10-16(18,19)20/h2-7H,8-10H2,1H3,(H,21,23). The Kier molecular flexibility index (Phi) is 6.06. The molecular formula is C16H16BrF3N2O2. The van der Waals surface area contributed by atoms with Crippen molar-refractivity contribution in [3.8, 4) is 11.3 Å². The smallest absolute Gasteiger partial charge is 0.370 e. The van der Waals surface area contributed by atoms with Gasteiger partial charge < -0.3 is 14.6 Å². The lowest BCUT2D eigenvalue weighted by molar-refractivity contribution is -0.173. The number of nitrogens with one attached hydrogen (secondary N) is 1. The first kappa shape index (κ1) is 18.5. The van der Waals surface area contributed by atoms with Gasteiger partial charge in [-0.15, -0.1) is 0 Å². The third kappa shape index (κ3) is 4.85. The summed E-state index contributed by atoms with van der Waals surface area (Å²) < 4.78 is 42.9. The van der Waals surface area contributed by atoms with Crippen LogP contribution in [0.1, 0.15) is 10.5 Å². The molecule has 4 nitrogen and oxygen atoms in total. The fourth-order valence-electron chi connectivity index (χ4n) is 2.19. The van der Waals surface area contributed by atoms with E-state index in [4.69, 9.17) is 0 Å². The molecule has 0 aliphatic carbocycles. The van der Waals surface area contributed by atoms with E-state index in [1.807, 2.05) is 30.3 Å². The van der Waals surface area contributed by atoms with Crippen LogP contribution in [-0.2, 0) is 11.8 Å². The second-order valence-corrected chi connectivity index (χ2v) is 5.92. The van der Waals surface area contributed by atoms with Gasteiger partial charge in [0.05, 0.1) is 6.61 Å². The molecular weight excluding hydrogens is 389 g/mol. The highest BCUT2D eigenvalue weighted by atomic mass is 79.9. The topological polar surface area (TPSA) is 43.3 Å². The lowest BCUT2D eigenvalue weighted by Crippen LogP contribution is -2.30. The van der Waals surface area contributed by atoms with E-state index in [0.717, 1.165) is 15.7 Å². The van der Waals surface area contributed by atoms with E-state index >= 15 is 0 Å². The Morgan fingerprint density at radius 2 is 1.96 bits per heavy atom. The minimum atomic E-state index is -4.36. The minimum Gasteiger partial charge on any atom is -0.370 e. The maximum absolute atomic E-state index is 12.1. The molecule has 1 amide bonds. The van der Waals surface area contributed by atoms with Crippen LogP contribution in [0.25, 0.3) is 11.3 Å². The van der Waals surface area contributed by atoms with Gasteiger partial charge in [-0.25, -0.2) is 0 Å². The van der Waals surface area contributed by atoms with Gasteiger partial charge in [0, 0.05) is 29.3 Å². The van der Waals surface area contributed by atoms with E-state index in [0.29, 0.717) is 5.69 Å². The molecule has 8 heteroatoms. The molecule has 2 rings (SSSR count). The lowest BCUT2D eigenvalue weighted by atomic mass is 10.1. The van der Waals surface area contributed by atoms with Crippen molar-refractivity contribution < 1.29 is 22.7 Å². The summed E-state index contributed by atoms with van der Waals surface area (Å²) in [6.07, 6.45) is -4.36. The summed E-state index contributed by atoms with van der Waals surface area (Å²) in [7, 11) is 1.75. The number of hydrogen-bond acceptors (Lipinski definition) is 2. The molecule has 0 radical (unpaired) electrons. The first-order valence-corrected chi connectivity index (χ1v) is 7.92. The van der Waals surface area contributed by atoms with E-state index in [1.165, 1.54) is 0 Å². The van der Waals surface area contributed by atoms with Crippen molar-refractivity contribution >= 4 is 21.8 Å². The SMILES string of the molecule is Cn1c(C(=O)NCCOCC(F)(F)F)ccc1-c1ccccc1Br. The maximum atomic E-state index is 12.1. The Bertz CT molecular complexity index is 714. The third-order valence-corrected chi connectivity index (χ3v) is 3.99. The van der Waals surface area contributed by atoms with Gasteiger partial charge in [-0.05, 0) is 18.2 Å². The molecule has 130 valence electrons. The number of aromatic nitrogens is 1. The number of alkyl halides is 3. The Morgan fingerprint density at radius 3 is 2.62 bits per heavy atom. The number of carbonyl (C=O) groups is 1. The molecule has 2 aromatic rings. The number of ether oxygens (including phenoxy) is 1. The zero-order valence-corrected chi connectivity index (χ0v) is 14.4. The molecule has 1 heterocycles. The number of halogens is 4. The van der Waals surface area contributed by atoms with Crippen molar-refractivity contribution in [2.75, 3.05) is 19.8 Å². The zero-order chi connectivity index (χ0) is 17.7. The molecule has 0 saturated heterocycles. The predicted octanol–water partition coefficient (Wildman–Crippen LogP) is 3.76. The van der Waals surface area contributed by atoms with E-state index in [2.05, 4.69) is 26.0 Å². The molecule has 0 spiro atoms. The van der Waals surface area contributed by atoms with Crippen LogP contribution in [0.2, 0.25) is 0 Å². The summed E-state index contributed by atoms with van der Waals surface area (Å²) in [6.45, 7) is -1.52. The minimum absolute atomic E-state index is 0.00442. The second-order valence-electron chi connectivity index (χ2n) is 5.07. The molecule has 0 unspecified atom stereocenters. The average molecular weight is 405 g/mol. The second kappa shape index (κ2) is 7.85. The number of benzene rings is 1. The van der Waals surface area contributed by atoms with E-state index < -0.39 is 12.8 Å². The number of nitrogens with zero attached hydrogens (tertiary/aromatic N) is 1. The number of carbonyl (C=O) groups excluding carboxylic acids is 1. The summed E-state index contributed by atoms with van der Waals surface area (Å²) in [5.41, 5.74) is 2.20. The molecule has 0 aliphatic rings. The van der Waals surface area contributed by atoms with E-state index in [-0.39, 0.29) is 19.1 Å². The van der Waals surface area contributed by atoms with Crippen molar-refractivity contribution in [3.63, 3.8) is 0 Å². The summed E-state index contributed by atoms with van der Waals surface area (Å²) in [5, 5.41) is 2.54. The van der Waals surface area contributed by atoms with Crippen LogP contribution in [0.5, 0.6) is 0 Å². The van der Waals surface area contributed by atoms with Gasteiger partial charge >= 0.3 is 6.18 Å². The van der Waals surface area contributed by atoms with Gasteiger partial charge in [-0.3, -0.25) is 4.79 Å². The van der Waals surface area contributed by atoms with E-state index in [9.17, 15) is 18.0 Å². The normalized spacial score (nSPS) is 11.5. The van der Waals surface area contributed by atoms with Gasteiger partial charge in [0.15, 0.2) is 0 Å². The fourth-order valence-corrected chi connectivity index (χ4v) is 2.68. The molecule has 1 aromatic carbocycles. The van der Waals surface area contributed by atoms with Crippen molar-refractivity contribution in [1.29, 1.82) is 0 Å². The highest BCUT2D eigenvalue weighted by molar-refractivity contribution is 9.10. The van der Waals surface area contributed by atoms with Gasteiger partial charge in [0.25, 0.3) is 5.91 Å². The van der Waals surface area contributed by atoms with Gasteiger partial charge in [0.1, 0.15) is 12.3 Å². The molecule has 24 heavy (non-hydrogen) atoms. The van der Waals surface area contributed by atoms with E-state index in [1.54, 1.807) is 17.7 Å². The Balaban J connectivity index is 1.96. The van der Waals surface area contributed by atoms with Gasteiger partial charge in [-0.1, -0.05) is 34.1 Å². The molecule has 0 fully saturated rings. The van der Waals surface area contributed by atoms with Crippen LogP contribution >= 0.6 is 15.9 Å². The number of rotatable bonds is 6. The van der Waals surface area contributed by atoms with Crippen LogP contribution in [0.4, 0.5) is 13.2 Å². The third-order valence-electron chi connectivity index (χ3n) is 3.30. The quantitative estimate of drug-likeness (QED) is 0.744. The highest BCUT2D eigenvalue weighted by Crippen LogP contribution is 2.28. The number of hydrogen-bond donors (Lipinski definition) is 1. The Hall–Kier alpha value is -1.80. The first-order valence-electron chi connectivity index (χ1n) is 7.13. The average Bonchev–Trinajstić information content (AvgIpc) is 2.88. The van der Waals surface area contributed by atoms with Crippen LogP contribution in [0, 0.1) is 0 Å². The lowest BCUT2D eigenvalue weighted by Gasteiger charge is -2.11. The summed E-state index contributed by atoms with van der Waals surface area (Å²) >= 11 is 3.47. The summed E-state index contributed by atoms with van der Waals surface area (Å²) in [6, 6.07) is 11.1. The van der Waals surface area contributed by atoms with Crippen molar-refractivity contribution in [1.82, 2.24) is 9.88 Å².